The van der Waals surface area contributed by atoms with Crippen molar-refractivity contribution in [1.82, 2.24) is 9.55 Å². The number of hydrogen-bond donors (Lipinski definition) is 1. The molecule has 1 saturated carbocycles. The number of fused-ring (bicyclic) bond motifs is 1. The average molecular weight is 187 g/mol. The van der Waals surface area contributed by atoms with Gasteiger partial charge >= 0.3 is 0 Å². The van der Waals surface area contributed by atoms with Gasteiger partial charge in [0.25, 0.3) is 0 Å². The summed E-state index contributed by atoms with van der Waals surface area (Å²) in [5.41, 5.74) is 8.29. The third kappa shape index (κ3) is 0.990. The third-order valence-corrected chi connectivity index (χ3v) is 3.00. The van der Waals surface area contributed by atoms with Crippen LogP contribution in [0.1, 0.15) is 17.9 Å². The average Bonchev–Trinajstić information content (AvgIpc) is 2.82. The summed E-state index contributed by atoms with van der Waals surface area (Å²) in [5.74, 6) is 0.558. The molecule has 1 aliphatic carbocycles. The highest BCUT2D eigenvalue weighted by Gasteiger charge is 2.36. The van der Waals surface area contributed by atoms with E-state index in [4.69, 9.17) is 5.73 Å². The molecule has 0 bridgehead atoms. The lowest BCUT2D eigenvalue weighted by Crippen LogP contribution is -2.00. The molecule has 3 rings (SSSR count). The maximum Gasteiger partial charge on any atom is 0.139 e. The van der Waals surface area contributed by atoms with E-state index in [1.54, 1.807) is 0 Å². The van der Waals surface area contributed by atoms with Crippen molar-refractivity contribution in [2.45, 2.75) is 18.4 Å². The molecule has 0 saturated heterocycles. The standard InChI is InChI=1S/C11H13N3/c1-14-6-9(8-5-10(8)12)7-3-2-4-13-11(7)14/h2-4,6,8,10H,5,12H2,1H3/t8-,10+/m0/s1. The number of pyridine rings is 1. The van der Waals surface area contributed by atoms with Crippen LogP contribution < -0.4 is 5.73 Å². The Labute approximate surface area is 82.5 Å². The van der Waals surface area contributed by atoms with Gasteiger partial charge in [0.1, 0.15) is 5.65 Å². The molecular weight excluding hydrogens is 174 g/mol. The van der Waals surface area contributed by atoms with Crippen molar-refractivity contribution in [3.8, 4) is 0 Å². The van der Waals surface area contributed by atoms with Gasteiger partial charge in [-0.25, -0.2) is 4.98 Å². The molecule has 1 aliphatic rings. The number of aromatic nitrogens is 2. The summed E-state index contributed by atoms with van der Waals surface area (Å²) in [4.78, 5) is 4.36. The van der Waals surface area contributed by atoms with Gasteiger partial charge in [-0.2, -0.15) is 0 Å². The Bertz CT molecular complexity index is 486. The molecule has 3 heteroatoms. The highest BCUT2D eigenvalue weighted by atomic mass is 15.0. The second-order valence-electron chi connectivity index (χ2n) is 4.08. The van der Waals surface area contributed by atoms with Gasteiger partial charge in [0.05, 0.1) is 0 Å². The molecule has 0 aromatic carbocycles. The minimum absolute atomic E-state index is 0.362. The first kappa shape index (κ1) is 8.00. The zero-order valence-electron chi connectivity index (χ0n) is 8.14. The quantitative estimate of drug-likeness (QED) is 0.733. The van der Waals surface area contributed by atoms with Crippen molar-refractivity contribution >= 4 is 11.0 Å². The van der Waals surface area contributed by atoms with Gasteiger partial charge in [-0.3, -0.25) is 0 Å². The number of aryl methyl sites for hydroxylation is 1. The summed E-state index contributed by atoms with van der Waals surface area (Å²) in [5, 5.41) is 1.26. The Kier molecular flexibility index (Phi) is 1.47. The lowest BCUT2D eigenvalue weighted by Gasteiger charge is -1.93. The van der Waals surface area contributed by atoms with Crippen molar-refractivity contribution in [3.05, 3.63) is 30.1 Å². The van der Waals surface area contributed by atoms with Crippen LogP contribution in [0, 0.1) is 0 Å². The van der Waals surface area contributed by atoms with Gasteiger partial charge in [0.15, 0.2) is 0 Å². The molecule has 0 radical (unpaired) electrons. The van der Waals surface area contributed by atoms with E-state index in [0.717, 1.165) is 12.1 Å². The van der Waals surface area contributed by atoms with E-state index >= 15 is 0 Å². The van der Waals surface area contributed by atoms with Crippen LogP contribution in [-0.2, 0) is 7.05 Å². The van der Waals surface area contributed by atoms with Gasteiger partial charge < -0.3 is 10.3 Å². The van der Waals surface area contributed by atoms with Gasteiger partial charge in [0.2, 0.25) is 0 Å². The summed E-state index contributed by atoms with van der Waals surface area (Å²) >= 11 is 0. The normalized spacial score (nSPS) is 25.6. The van der Waals surface area contributed by atoms with Gasteiger partial charge in [-0.1, -0.05) is 0 Å². The number of hydrogen-bond acceptors (Lipinski definition) is 2. The van der Waals surface area contributed by atoms with E-state index in [2.05, 4.69) is 21.8 Å². The van der Waals surface area contributed by atoms with Crippen LogP contribution in [0.4, 0.5) is 0 Å². The maximum atomic E-state index is 5.87. The van der Waals surface area contributed by atoms with Crippen molar-refractivity contribution in [3.63, 3.8) is 0 Å². The fourth-order valence-corrected chi connectivity index (χ4v) is 2.11. The molecular formula is C11H13N3. The molecule has 2 N–H and O–H groups in total. The Morgan fingerprint density at radius 3 is 3.07 bits per heavy atom. The van der Waals surface area contributed by atoms with Crippen LogP contribution in [0.2, 0.25) is 0 Å². The summed E-state index contributed by atoms with van der Waals surface area (Å²) in [6, 6.07) is 4.48. The number of nitrogens with two attached hydrogens (primary N) is 1. The first-order valence-electron chi connectivity index (χ1n) is 4.93. The van der Waals surface area contributed by atoms with Crippen molar-refractivity contribution in [2.75, 3.05) is 0 Å². The second-order valence-corrected chi connectivity index (χ2v) is 4.08. The smallest absolute Gasteiger partial charge is 0.139 e. The highest BCUT2D eigenvalue weighted by Crippen LogP contribution is 2.42. The Balaban J connectivity index is 2.24. The first-order chi connectivity index (χ1) is 6.77. The molecule has 2 atom stereocenters. The van der Waals surface area contributed by atoms with Crippen LogP contribution in [0.5, 0.6) is 0 Å². The van der Waals surface area contributed by atoms with Crippen molar-refractivity contribution in [2.24, 2.45) is 12.8 Å². The molecule has 0 aliphatic heterocycles. The summed E-state index contributed by atoms with van der Waals surface area (Å²) in [6.07, 6.45) is 5.11. The zero-order valence-corrected chi connectivity index (χ0v) is 8.14. The summed E-state index contributed by atoms with van der Waals surface area (Å²) in [6.45, 7) is 0. The molecule has 14 heavy (non-hydrogen) atoms. The zero-order chi connectivity index (χ0) is 9.71. The van der Waals surface area contributed by atoms with E-state index in [9.17, 15) is 0 Å². The molecule has 3 nitrogen and oxygen atoms in total. The molecule has 2 aromatic rings. The minimum Gasteiger partial charge on any atom is -0.335 e. The molecule has 2 aromatic heterocycles. The molecule has 0 spiro atoms. The lowest BCUT2D eigenvalue weighted by molar-refractivity contribution is 0.926. The third-order valence-electron chi connectivity index (χ3n) is 3.00. The number of rotatable bonds is 1. The predicted octanol–water partition coefficient (Wildman–Crippen LogP) is 1.39. The van der Waals surface area contributed by atoms with Gasteiger partial charge in [-0.15, -0.1) is 0 Å². The van der Waals surface area contributed by atoms with Crippen LogP contribution in [0.15, 0.2) is 24.5 Å². The molecule has 2 heterocycles. The molecule has 72 valence electrons. The van der Waals surface area contributed by atoms with Crippen molar-refractivity contribution in [1.29, 1.82) is 0 Å². The van der Waals surface area contributed by atoms with Crippen LogP contribution in [0.25, 0.3) is 11.0 Å². The van der Waals surface area contributed by atoms with Gasteiger partial charge in [0, 0.05) is 36.8 Å². The van der Waals surface area contributed by atoms with E-state index in [-0.39, 0.29) is 0 Å². The molecule has 1 fully saturated rings. The molecule has 0 unspecified atom stereocenters. The predicted molar refractivity (Wildman–Crippen MR) is 56.0 cm³/mol. The highest BCUT2D eigenvalue weighted by molar-refractivity contribution is 5.81. The van der Waals surface area contributed by atoms with E-state index in [1.807, 2.05) is 19.3 Å². The largest absolute Gasteiger partial charge is 0.335 e. The Hall–Kier alpha value is -1.35. The number of nitrogens with zero attached hydrogens (tertiary/aromatic N) is 2. The molecule has 0 amide bonds. The van der Waals surface area contributed by atoms with E-state index < -0.39 is 0 Å². The van der Waals surface area contributed by atoms with E-state index in [1.165, 1.54) is 10.9 Å². The van der Waals surface area contributed by atoms with Crippen LogP contribution in [0.3, 0.4) is 0 Å². The minimum atomic E-state index is 0.362. The maximum absolute atomic E-state index is 5.87. The lowest BCUT2D eigenvalue weighted by atomic mass is 10.1. The Morgan fingerprint density at radius 1 is 1.57 bits per heavy atom. The summed E-state index contributed by atoms with van der Waals surface area (Å²) < 4.78 is 2.08. The van der Waals surface area contributed by atoms with Gasteiger partial charge in [-0.05, 0) is 24.1 Å². The van der Waals surface area contributed by atoms with E-state index in [0.29, 0.717) is 12.0 Å². The SMILES string of the molecule is Cn1cc([C@@H]2C[C@H]2N)c2cccnc21. The fraction of sp³-hybridized carbons (Fsp3) is 0.364. The first-order valence-corrected chi connectivity index (χ1v) is 4.93. The Morgan fingerprint density at radius 2 is 2.36 bits per heavy atom. The summed E-state index contributed by atoms with van der Waals surface area (Å²) in [7, 11) is 2.03. The monoisotopic (exact) mass is 187 g/mol. The van der Waals surface area contributed by atoms with Crippen LogP contribution >= 0.6 is 0 Å². The second kappa shape index (κ2) is 2.58. The topological polar surface area (TPSA) is 43.8 Å². The van der Waals surface area contributed by atoms with Crippen LogP contribution in [-0.4, -0.2) is 15.6 Å². The van der Waals surface area contributed by atoms with Crippen molar-refractivity contribution < 1.29 is 0 Å². The fourth-order valence-electron chi connectivity index (χ4n) is 2.11.